The minimum atomic E-state index is -0.0407. The highest BCUT2D eigenvalue weighted by molar-refractivity contribution is 5.79. The number of nitrogens with zero attached hydrogens (tertiary/aromatic N) is 1. The van der Waals surface area contributed by atoms with Crippen LogP contribution in [0, 0.1) is 40.9 Å². The highest BCUT2D eigenvalue weighted by Crippen LogP contribution is 2.65. The summed E-state index contributed by atoms with van der Waals surface area (Å²) < 4.78 is 7.20. The lowest BCUT2D eigenvalue weighted by Gasteiger charge is -2.52. The molecule has 0 aromatic rings. The van der Waals surface area contributed by atoms with E-state index >= 15 is 0 Å². The molecule has 4 aliphatic carbocycles. The Morgan fingerprint density at radius 2 is 1.97 bits per heavy atom. The zero-order valence-corrected chi connectivity index (χ0v) is 24.0. The van der Waals surface area contributed by atoms with Crippen LogP contribution >= 0.6 is 0 Å². The van der Waals surface area contributed by atoms with Gasteiger partial charge in [-0.3, -0.25) is 14.5 Å². The molecule has 0 radical (unpaired) electrons. The molecular formula is C32H50N2O3. The fourth-order valence-electron chi connectivity index (χ4n) is 10.6. The summed E-state index contributed by atoms with van der Waals surface area (Å²) in [7, 11) is 0. The van der Waals surface area contributed by atoms with Crippen molar-refractivity contribution in [2.24, 2.45) is 40.9 Å². The van der Waals surface area contributed by atoms with Gasteiger partial charge in [0, 0.05) is 51.4 Å². The number of likely N-dealkylation sites (tertiary alicyclic amines) is 1. The van der Waals surface area contributed by atoms with Gasteiger partial charge in [-0.05, 0) is 93.3 Å². The van der Waals surface area contributed by atoms with Crippen molar-refractivity contribution < 1.29 is 14.3 Å². The Balaban J connectivity index is 1.23. The molecule has 0 bridgehead atoms. The van der Waals surface area contributed by atoms with E-state index in [1.54, 1.807) is 18.1 Å². The summed E-state index contributed by atoms with van der Waals surface area (Å²) in [6, 6.07) is 0.461. The first-order valence-corrected chi connectivity index (χ1v) is 15.5. The van der Waals surface area contributed by atoms with Crippen molar-refractivity contribution in [2.45, 2.75) is 117 Å². The second-order valence-electron chi connectivity index (χ2n) is 14.4. The lowest BCUT2D eigenvalue weighted by Crippen LogP contribution is -2.53. The van der Waals surface area contributed by atoms with Crippen molar-refractivity contribution in [1.82, 2.24) is 10.2 Å². The van der Waals surface area contributed by atoms with Gasteiger partial charge >= 0.3 is 0 Å². The van der Waals surface area contributed by atoms with Crippen LogP contribution in [-0.4, -0.2) is 54.0 Å². The molecule has 206 valence electrons. The van der Waals surface area contributed by atoms with E-state index in [1.807, 2.05) is 0 Å². The van der Waals surface area contributed by atoms with Crippen molar-refractivity contribution >= 4 is 11.7 Å². The molecule has 6 rings (SSSR count). The number of ether oxygens (including phenoxy) is 1. The number of hydrogen-bond acceptors (Lipinski definition) is 4. The number of amides is 1. The molecule has 5 fully saturated rings. The Morgan fingerprint density at radius 3 is 2.76 bits per heavy atom. The van der Waals surface area contributed by atoms with Crippen LogP contribution in [0.25, 0.3) is 0 Å². The quantitative estimate of drug-likeness (QED) is 0.507. The molecule has 1 spiro atoms. The minimum Gasteiger partial charge on any atom is -0.369 e. The third-order valence-electron chi connectivity index (χ3n) is 12.4. The van der Waals surface area contributed by atoms with Crippen molar-refractivity contribution in [3.8, 4) is 0 Å². The zero-order valence-electron chi connectivity index (χ0n) is 24.0. The van der Waals surface area contributed by atoms with Gasteiger partial charge in [-0.15, -0.1) is 0 Å². The van der Waals surface area contributed by atoms with Crippen LogP contribution in [0.3, 0.4) is 0 Å². The monoisotopic (exact) mass is 510 g/mol. The molecule has 0 aromatic carbocycles. The Bertz CT molecular complexity index is 975. The maximum Gasteiger partial charge on any atom is 0.216 e. The number of ketones is 1. The third kappa shape index (κ3) is 4.26. The second-order valence-corrected chi connectivity index (χ2v) is 14.4. The molecule has 1 N–H and O–H groups in total. The number of piperidine rings is 1. The fourth-order valence-corrected chi connectivity index (χ4v) is 10.6. The van der Waals surface area contributed by atoms with Gasteiger partial charge in [-0.2, -0.15) is 0 Å². The first-order valence-electron chi connectivity index (χ1n) is 15.5. The predicted molar refractivity (Wildman–Crippen MR) is 146 cm³/mol. The first-order chi connectivity index (χ1) is 17.6. The van der Waals surface area contributed by atoms with Gasteiger partial charge in [0.25, 0.3) is 0 Å². The van der Waals surface area contributed by atoms with Crippen molar-refractivity contribution in [3.05, 3.63) is 11.1 Å². The van der Waals surface area contributed by atoms with Crippen LogP contribution in [0.5, 0.6) is 0 Å². The molecule has 3 saturated carbocycles. The first kappa shape index (κ1) is 26.0. The Morgan fingerprint density at radius 1 is 1.16 bits per heavy atom. The van der Waals surface area contributed by atoms with Crippen molar-refractivity contribution in [2.75, 3.05) is 19.6 Å². The van der Waals surface area contributed by atoms with E-state index in [4.69, 9.17) is 4.74 Å². The molecule has 5 nitrogen and oxygen atoms in total. The smallest absolute Gasteiger partial charge is 0.216 e. The van der Waals surface area contributed by atoms with Gasteiger partial charge < -0.3 is 10.1 Å². The normalized spacial score (nSPS) is 47.8. The van der Waals surface area contributed by atoms with Crippen molar-refractivity contribution in [3.63, 3.8) is 0 Å². The van der Waals surface area contributed by atoms with Crippen LogP contribution in [0.2, 0.25) is 0 Å². The van der Waals surface area contributed by atoms with Gasteiger partial charge in [0.15, 0.2) is 0 Å². The summed E-state index contributed by atoms with van der Waals surface area (Å²) in [5.41, 5.74) is 3.74. The Kier molecular flexibility index (Phi) is 6.66. The third-order valence-corrected chi connectivity index (χ3v) is 12.4. The fraction of sp³-hybridized carbons (Fsp3) is 0.875. The molecule has 10 atom stereocenters. The SMILES string of the molecule is CC(=O)NCCN1C[C@@H](C)C[C@H]2O[C@]3(CC[C@@H]4C(=C(C)C3)C[C@H]3[C@H]4CC[C@@H]4CC(=O)CC[C@@]43C)[C@H](C)[C@@H]21. The number of carbonyl (C=O) groups excluding carboxylic acids is 2. The van der Waals surface area contributed by atoms with Gasteiger partial charge in [0.1, 0.15) is 5.78 Å². The average molecular weight is 511 g/mol. The summed E-state index contributed by atoms with van der Waals surface area (Å²) in [6.07, 6.45) is 11.7. The molecule has 6 aliphatic rings. The minimum absolute atomic E-state index is 0.0407. The summed E-state index contributed by atoms with van der Waals surface area (Å²) in [6.45, 7) is 14.2. The molecular weight excluding hydrogens is 460 g/mol. The number of carbonyl (C=O) groups is 2. The second kappa shape index (κ2) is 9.47. The summed E-state index contributed by atoms with van der Waals surface area (Å²) in [5.74, 6) is 4.65. The molecule has 1 amide bonds. The molecule has 0 aromatic heterocycles. The van der Waals surface area contributed by atoms with E-state index in [2.05, 4.69) is 37.9 Å². The van der Waals surface area contributed by atoms with Crippen LogP contribution in [0.15, 0.2) is 11.1 Å². The van der Waals surface area contributed by atoms with Crippen LogP contribution in [-0.2, 0) is 14.3 Å². The van der Waals surface area contributed by atoms with Gasteiger partial charge in [-0.1, -0.05) is 31.9 Å². The van der Waals surface area contributed by atoms with E-state index in [0.29, 0.717) is 41.1 Å². The van der Waals surface area contributed by atoms with Gasteiger partial charge in [-0.25, -0.2) is 0 Å². The van der Waals surface area contributed by atoms with Gasteiger partial charge in [0.2, 0.25) is 5.91 Å². The lowest BCUT2D eigenvalue weighted by molar-refractivity contribution is -0.130. The number of allylic oxidation sites excluding steroid dienone is 1. The number of fused-ring (bicyclic) bond motifs is 6. The van der Waals surface area contributed by atoms with E-state index < -0.39 is 0 Å². The van der Waals surface area contributed by atoms with Crippen LogP contribution < -0.4 is 5.32 Å². The number of rotatable bonds is 3. The van der Waals surface area contributed by atoms with Crippen LogP contribution in [0.4, 0.5) is 0 Å². The predicted octanol–water partition coefficient (Wildman–Crippen LogP) is 5.53. The topological polar surface area (TPSA) is 58.6 Å². The summed E-state index contributed by atoms with van der Waals surface area (Å²) in [4.78, 5) is 26.4. The standard InChI is InChI=1S/C32H50N2O3/c1-19-14-29-30(34(18-19)13-12-33-22(4)35)21(3)32(37-29)11-9-25-26-7-6-23-15-24(36)8-10-31(23,5)28(26)16-27(25)20(2)17-32/h19,21,23,25-26,28-30H,6-18H2,1-5H3,(H,33,35)/t19-,21+,23+,25-,26-,28-,29+,30-,31-,32-/m0/s1. The maximum absolute atomic E-state index is 12.3. The maximum atomic E-state index is 12.3. The van der Waals surface area contributed by atoms with E-state index in [0.717, 1.165) is 69.5 Å². The van der Waals surface area contributed by atoms with E-state index in [9.17, 15) is 9.59 Å². The molecule has 0 unspecified atom stereocenters. The highest BCUT2D eigenvalue weighted by atomic mass is 16.5. The Labute approximate surface area is 224 Å². The highest BCUT2D eigenvalue weighted by Gasteiger charge is 2.60. The summed E-state index contributed by atoms with van der Waals surface area (Å²) >= 11 is 0. The summed E-state index contributed by atoms with van der Waals surface area (Å²) in [5, 5.41) is 3.02. The number of Topliss-reactive ketones (excluding diaryl/α,β-unsaturated/α-hetero) is 1. The Hall–Kier alpha value is -1.20. The molecule has 2 saturated heterocycles. The molecule has 5 heteroatoms. The lowest BCUT2D eigenvalue weighted by atomic mass is 9.52. The van der Waals surface area contributed by atoms with E-state index in [-0.39, 0.29) is 11.5 Å². The molecule has 2 heterocycles. The van der Waals surface area contributed by atoms with Crippen LogP contribution in [0.1, 0.15) is 98.8 Å². The largest absolute Gasteiger partial charge is 0.369 e. The molecule has 37 heavy (non-hydrogen) atoms. The molecule has 2 aliphatic heterocycles. The van der Waals surface area contributed by atoms with Gasteiger partial charge in [0.05, 0.1) is 11.7 Å². The number of hydrogen-bond donors (Lipinski definition) is 1. The average Bonchev–Trinajstić information content (AvgIpc) is 3.29. The van der Waals surface area contributed by atoms with Crippen molar-refractivity contribution in [1.29, 1.82) is 0 Å². The zero-order chi connectivity index (χ0) is 26.1. The van der Waals surface area contributed by atoms with E-state index in [1.165, 1.54) is 32.1 Å². The number of nitrogens with one attached hydrogen (secondary N) is 1.